The SMILES string of the molecule is CN(CC(=O)OC(C)(C)C)C(=O)[C@H](Cc1ccc(C(F)(F)F)cc1)N(CCN)C(=O)[C@H](CC(=O)O)N(C)C(=O)OCC1c2ccccc2-c2ccccc21. The number of ether oxygens (including phenoxy) is 2. The van der Waals surface area contributed by atoms with E-state index in [9.17, 15) is 42.3 Å². The first kappa shape index (κ1) is 41.3. The molecule has 1 aliphatic carbocycles. The van der Waals surface area contributed by atoms with E-state index in [0.717, 1.165) is 61.2 Å². The van der Waals surface area contributed by atoms with Crippen LogP contribution in [-0.4, -0.2) is 108 Å². The van der Waals surface area contributed by atoms with Gasteiger partial charge in [-0.05, 0) is 60.7 Å². The van der Waals surface area contributed by atoms with E-state index < -0.39 is 72.2 Å². The van der Waals surface area contributed by atoms with E-state index in [1.54, 1.807) is 20.8 Å². The van der Waals surface area contributed by atoms with Crippen molar-refractivity contribution in [2.24, 2.45) is 5.73 Å². The lowest BCUT2D eigenvalue weighted by Crippen LogP contribution is -2.58. The van der Waals surface area contributed by atoms with Gasteiger partial charge in [0.05, 0.1) is 12.0 Å². The number of rotatable bonds is 14. The Labute approximate surface area is 311 Å². The van der Waals surface area contributed by atoms with Crippen LogP contribution in [0.5, 0.6) is 0 Å². The maximum Gasteiger partial charge on any atom is 0.416 e. The van der Waals surface area contributed by atoms with Gasteiger partial charge in [-0.3, -0.25) is 24.1 Å². The van der Waals surface area contributed by atoms with E-state index in [1.165, 1.54) is 14.1 Å². The molecule has 2 atom stereocenters. The molecule has 290 valence electrons. The number of benzene rings is 3. The van der Waals surface area contributed by atoms with Crippen molar-refractivity contribution in [2.75, 3.05) is 40.3 Å². The number of carbonyl (C=O) groups is 5. The number of carbonyl (C=O) groups excluding carboxylic acids is 4. The quantitative estimate of drug-likeness (QED) is 0.218. The van der Waals surface area contributed by atoms with Crippen molar-refractivity contribution >= 4 is 29.8 Å². The van der Waals surface area contributed by atoms with Gasteiger partial charge < -0.3 is 30.1 Å². The maximum atomic E-state index is 14.4. The van der Waals surface area contributed by atoms with Crippen molar-refractivity contribution < 1.29 is 51.7 Å². The first-order valence-electron chi connectivity index (χ1n) is 17.3. The number of alkyl halides is 3. The number of hydrogen-bond acceptors (Lipinski definition) is 8. The third-order valence-corrected chi connectivity index (χ3v) is 8.93. The molecule has 3 amide bonds. The summed E-state index contributed by atoms with van der Waals surface area (Å²) in [5.74, 6) is -4.31. The third kappa shape index (κ3) is 10.2. The lowest BCUT2D eigenvalue weighted by Gasteiger charge is -2.37. The number of halogens is 3. The number of hydrogen-bond donors (Lipinski definition) is 2. The summed E-state index contributed by atoms with van der Waals surface area (Å²) in [6, 6.07) is 16.1. The standard InChI is InChI=1S/C39H45F3N4O8/c1-38(2,3)54-34(49)22-44(4)35(50)32(20-24-14-16-25(17-15-24)39(40,41)42)46(19-18-43)36(51)31(21-33(47)48)45(5)37(52)53-23-30-28-12-8-6-10-26(28)27-11-7-9-13-29(27)30/h6-17,30-32H,18-23,43H2,1-5H3,(H,47,48)/t31-,32-/m0/s1. The summed E-state index contributed by atoms with van der Waals surface area (Å²) in [6.45, 7) is 3.72. The lowest BCUT2D eigenvalue weighted by atomic mass is 9.98. The highest BCUT2D eigenvalue weighted by Gasteiger charge is 2.40. The zero-order chi connectivity index (χ0) is 40.0. The second kappa shape index (κ2) is 17.1. The maximum absolute atomic E-state index is 14.4. The number of fused-ring (bicyclic) bond motifs is 3. The topological polar surface area (TPSA) is 160 Å². The van der Waals surface area contributed by atoms with Gasteiger partial charge in [0, 0.05) is 39.5 Å². The molecule has 0 saturated heterocycles. The van der Waals surface area contributed by atoms with Crippen LogP contribution >= 0.6 is 0 Å². The van der Waals surface area contributed by atoms with Gasteiger partial charge >= 0.3 is 24.2 Å². The van der Waals surface area contributed by atoms with Crippen molar-refractivity contribution in [1.29, 1.82) is 0 Å². The summed E-state index contributed by atoms with van der Waals surface area (Å²) in [6.07, 6.45) is -6.85. The molecule has 3 N–H and O–H groups in total. The predicted octanol–water partition coefficient (Wildman–Crippen LogP) is 4.93. The lowest BCUT2D eigenvalue weighted by molar-refractivity contribution is -0.160. The van der Waals surface area contributed by atoms with Crippen LogP contribution in [0.25, 0.3) is 11.1 Å². The summed E-state index contributed by atoms with van der Waals surface area (Å²) < 4.78 is 51.0. The zero-order valence-electron chi connectivity index (χ0n) is 30.8. The van der Waals surface area contributed by atoms with Gasteiger partial charge in [0.25, 0.3) is 0 Å². The minimum atomic E-state index is -4.63. The molecule has 0 fully saturated rings. The molecule has 54 heavy (non-hydrogen) atoms. The second-order valence-electron chi connectivity index (χ2n) is 14.0. The molecule has 3 aromatic carbocycles. The summed E-state index contributed by atoms with van der Waals surface area (Å²) in [5.41, 5.74) is 8.13. The van der Waals surface area contributed by atoms with Crippen LogP contribution in [-0.2, 0) is 41.2 Å². The highest BCUT2D eigenvalue weighted by Crippen LogP contribution is 2.44. The summed E-state index contributed by atoms with van der Waals surface area (Å²) >= 11 is 0. The molecule has 4 rings (SSSR count). The molecule has 3 aromatic rings. The largest absolute Gasteiger partial charge is 0.481 e. The molecule has 0 aromatic heterocycles. The van der Waals surface area contributed by atoms with Gasteiger partial charge in [-0.2, -0.15) is 13.2 Å². The van der Waals surface area contributed by atoms with Crippen molar-refractivity contribution in [3.05, 3.63) is 95.1 Å². The highest BCUT2D eigenvalue weighted by atomic mass is 19.4. The molecular weight excluding hydrogens is 709 g/mol. The van der Waals surface area contributed by atoms with Gasteiger partial charge in [-0.15, -0.1) is 0 Å². The van der Waals surface area contributed by atoms with Crippen LogP contribution < -0.4 is 5.73 Å². The Morgan fingerprint density at radius 3 is 1.89 bits per heavy atom. The molecule has 0 heterocycles. The molecule has 0 bridgehead atoms. The van der Waals surface area contributed by atoms with Gasteiger partial charge in [-0.1, -0.05) is 60.7 Å². The number of amides is 3. The van der Waals surface area contributed by atoms with Gasteiger partial charge in [0.2, 0.25) is 11.8 Å². The summed E-state index contributed by atoms with van der Waals surface area (Å²) in [5, 5.41) is 9.86. The minimum Gasteiger partial charge on any atom is -0.481 e. The zero-order valence-corrected chi connectivity index (χ0v) is 30.8. The monoisotopic (exact) mass is 754 g/mol. The molecular formula is C39H45F3N4O8. The smallest absolute Gasteiger partial charge is 0.416 e. The highest BCUT2D eigenvalue weighted by molar-refractivity contribution is 5.94. The van der Waals surface area contributed by atoms with E-state index in [2.05, 4.69) is 0 Å². The van der Waals surface area contributed by atoms with Crippen molar-refractivity contribution in [1.82, 2.24) is 14.7 Å². The first-order valence-corrected chi connectivity index (χ1v) is 17.3. The van der Waals surface area contributed by atoms with E-state index in [4.69, 9.17) is 15.2 Å². The number of aliphatic carboxylic acids is 1. The molecule has 0 saturated carbocycles. The normalized spacial score (nSPS) is 13.6. The Balaban J connectivity index is 1.63. The predicted molar refractivity (Wildman–Crippen MR) is 192 cm³/mol. The Bertz CT molecular complexity index is 1800. The van der Waals surface area contributed by atoms with E-state index >= 15 is 0 Å². The van der Waals surface area contributed by atoms with Gasteiger partial charge in [0.1, 0.15) is 30.8 Å². The van der Waals surface area contributed by atoms with Crippen LogP contribution in [0.4, 0.5) is 18.0 Å². The Morgan fingerprint density at radius 1 is 0.833 bits per heavy atom. The number of likely N-dealkylation sites (N-methyl/N-ethyl adjacent to an activating group) is 2. The van der Waals surface area contributed by atoms with Crippen LogP contribution in [0.2, 0.25) is 0 Å². The number of carboxylic acids is 1. The average Bonchev–Trinajstić information content (AvgIpc) is 3.42. The molecule has 15 heteroatoms. The van der Waals surface area contributed by atoms with Gasteiger partial charge in [-0.25, -0.2) is 4.79 Å². The molecule has 1 aliphatic rings. The fourth-order valence-corrected chi connectivity index (χ4v) is 6.41. The van der Waals surface area contributed by atoms with Crippen LogP contribution in [0.3, 0.4) is 0 Å². The summed E-state index contributed by atoms with van der Waals surface area (Å²) in [7, 11) is 2.49. The van der Waals surface area contributed by atoms with E-state index in [1.807, 2.05) is 48.5 Å². The van der Waals surface area contributed by atoms with E-state index in [0.29, 0.717) is 0 Å². The first-order chi connectivity index (χ1) is 25.3. The fourth-order valence-electron chi connectivity index (χ4n) is 6.41. The third-order valence-electron chi connectivity index (χ3n) is 8.93. The number of esters is 1. The van der Waals surface area contributed by atoms with Crippen LogP contribution in [0.1, 0.15) is 55.4 Å². The minimum absolute atomic E-state index is 0.123. The van der Waals surface area contributed by atoms with Crippen LogP contribution in [0, 0.1) is 0 Å². The Morgan fingerprint density at radius 2 is 1.39 bits per heavy atom. The summed E-state index contributed by atoms with van der Waals surface area (Å²) in [4.78, 5) is 69.7. The van der Waals surface area contributed by atoms with Gasteiger partial charge in [0.15, 0.2) is 0 Å². The van der Waals surface area contributed by atoms with Crippen molar-refractivity contribution in [3.8, 4) is 11.1 Å². The molecule has 0 spiro atoms. The average molecular weight is 755 g/mol. The second-order valence-corrected chi connectivity index (χ2v) is 14.0. The van der Waals surface area contributed by atoms with E-state index in [-0.39, 0.29) is 37.6 Å². The fraction of sp³-hybridized carbons (Fsp3) is 0.410. The number of carboxylic acid groups (broad SMARTS) is 1. The Kier molecular flexibility index (Phi) is 13.1. The molecule has 0 radical (unpaired) electrons. The number of nitrogens with zero attached hydrogens (tertiary/aromatic N) is 3. The molecule has 0 aliphatic heterocycles. The molecule has 12 nitrogen and oxygen atoms in total. The Hall–Kier alpha value is -5.44. The van der Waals surface area contributed by atoms with Crippen molar-refractivity contribution in [2.45, 2.75) is 63.4 Å². The van der Waals surface area contributed by atoms with Crippen LogP contribution in [0.15, 0.2) is 72.8 Å². The van der Waals surface area contributed by atoms with Crippen molar-refractivity contribution in [3.63, 3.8) is 0 Å². The molecule has 0 unspecified atom stereocenters. The number of nitrogens with two attached hydrogens (primary N) is 1.